The summed E-state index contributed by atoms with van der Waals surface area (Å²) in [5, 5.41) is 7.48. The fourth-order valence-corrected chi connectivity index (χ4v) is 9.84. The van der Waals surface area contributed by atoms with E-state index in [-0.39, 0.29) is 0 Å². The van der Waals surface area contributed by atoms with Crippen LogP contribution in [0, 0.1) is 0 Å². The maximum absolute atomic E-state index is 2.41. The Kier molecular flexibility index (Phi) is 9.20. The van der Waals surface area contributed by atoms with Gasteiger partial charge in [-0.2, -0.15) is 0 Å². The number of aromatic nitrogens is 1. The molecule has 0 saturated carbocycles. The van der Waals surface area contributed by atoms with Gasteiger partial charge >= 0.3 is 0 Å². The molecule has 12 aromatic rings. The van der Waals surface area contributed by atoms with Crippen LogP contribution in [0.1, 0.15) is 0 Å². The van der Waals surface area contributed by atoms with E-state index in [1.807, 2.05) is 0 Å². The molecule has 0 amide bonds. The van der Waals surface area contributed by atoms with Gasteiger partial charge in [-0.25, -0.2) is 0 Å². The maximum Gasteiger partial charge on any atom is 0.0561 e. The third-order valence-corrected chi connectivity index (χ3v) is 12.8. The van der Waals surface area contributed by atoms with Gasteiger partial charge in [-0.1, -0.05) is 194 Å². The zero-order valence-corrected chi connectivity index (χ0v) is 35.1. The Balaban J connectivity index is 1.03. The molecule has 0 aliphatic carbocycles. The molecule has 2 heteroatoms. The predicted octanol–water partition coefficient (Wildman–Crippen LogP) is 17.2. The summed E-state index contributed by atoms with van der Waals surface area (Å²) in [5.41, 5.74) is 16.4. The number of rotatable bonds is 8. The van der Waals surface area contributed by atoms with Gasteiger partial charge in [0.05, 0.1) is 11.0 Å². The lowest BCUT2D eigenvalue weighted by molar-refractivity contribution is 1.18. The van der Waals surface area contributed by atoms with E-state index in [0.717, 1.165) is 28.3 Å². The average molecular weight is 815 g/mol. The van der Waals surface area contributed by atoms with Crippen molar-refractivity contribution in [2.24, 2.45) is 0 Å². The molecule has 0 bridgehead atoms. The van der Waals surface area contributed by atoms with E-state index in [2.05, 4.69) is 264 Å². The lowest BCUT2D eigenvalue weighted by Gasteiger charge is -2.26. The van der Waals surface area contributed by atoms with E-state index >= 15 is 0 Å². The molecular formula is C62H42N2. The second-order valence-corrected chi connectivity index (χ2v) is 16.5. The van der Waals surface area contributed by atoms with Crippen LogP contribution >= 0.6 is 0 Å². The van der Waals surface area contributed by atoms with Crippen LogP contribution in [0.15, 0.2) is 255 Å². The van der Waals surface area contributed by atoms with E-state index in [1.165, 1.54) is 82.3 Å². The lowest BCUT2D eigenvalue weighted by Crippen LogP contribution is -2.10. The van der Waals surface area contributed by atoms with Crippen molar-refractivity contribution >= 4 is 60.4 Å². The normalized spacial score (nSPS) is 11.4. The van der Waals surface area contributed by atoms with Gasteiger partial charge in [-0.3, -0.25) is 0 Å². The van der Waals surface area contributed by atoms with E-state index in [1.54, 1.807) is 0 Å². The number of nitrogens with zero attached hydrogens (tertiary/aromatic N) is 2. The summed E-state index contributed by atoms with van der Waals surface area (Å²) < 4.78 is 2.39. The van der Waals surface area contributed by atoms with Gasteiger partial charge in [0.1, 0.15) is 0 Å². The number of benzene rings is 11. The second-order valence-electron chi connectivity index (χ2n) is 16.5. The monoisotopic (exact) mass is 814 g/mol. The molecule has 0 fully saturated rings. The Morgan fingerprint density at radius 1 is 0.234 bits per heavy atom. The Bertz CT molecular complexity index is 3630. The van der Waals surface area contributed by atoms with Crippen LogP contribution in [0.2, 0.25) is 0 Å². The molecule has 0 aliphatic rings. The Morgan fingerprint density at radius 3 is 1.39 bits per heavy atom. The smallest absolute Gasteiger partial charge is 0.0561 e. The Labute approximate surface area is 373 Å². The maximum atomic E-state index is 2.41. The van der Waals surface area contributed by atoms with Crippen molar-refractivity contribution in [3.63, 3.8) is 0 Å². The van der Waals surface area contributed by atoms with Crippen molar-refractivity contribution in [3.05, 3.63) is 255 Å². The predicted molar refractivity (Wildman–Crippen MR) is 272 cm³/mol. The van der Waals surface area contributed by atoms with E-state index < -0.39 is 0 Å². The number of hydrogen-bond acceptors (Lipinski definition) is 1. The van der Waals surface area contributed by atoms with Crippen LogP contribution in [0.3, 0.4) is 0 Å². The first-order chi connectivity index (χ1) is 31.8. The van der Waals surface area contributed by atoms with Crippen molar-refractivity contribution in [1.82, 2.24) is 4.57 Å². The van der Waals surface area contributed by atoms with Crippen molar-refractivity contribution in [1.29, 1.82) is 0 Å². The van der Waals surface area contributed by atoms with Crippen LogP contribution in [0.5, 0.6) is 0 Å². The highest BCUT2D eigenvalue weighted by Gasteiger charge is 2.20. The quantitative estimate of drug-likeness (QED) is 0.139. The van der Waals surface area contributed by atoms with Gasteiger partial charge in [0.25, 0.3) is 0 Å². The van der Waals surface area contributed by atoms with Crippen LogP contribution in [0.25, 0.3) is 93.5 Å². The minimum atomic E-state index is 1.08. The molecule has 64 heavy (non-hydrogen) atoms. The largest absolute Gasteiger partial charge is 0.310 e. The third kappa shape index (κ3) is 6.44. The average Bonchev–Trinajstić information content (AvgIpc) is 3.71. The summed E-state index contributed by atoms with van der Waals surface area (Å²) in [6.45, 7) is 0. The molecule has 0 atom stereocenters. The molecule has 0 aliphatic heterocycles. The molecular weight excluding hydrogens is 773 g/mol. The van der Waals surface area contributed by atoms with Gasteiger partial charge in [-0.05, 0) is 127 Å². The van der Waals surface area contributed by atoms with Crippen LogP contribution < -0.4 is 4.90 Å². The van der Waals surface area contributed by atoms with Crippen molar-refractivity contribution in [2.45, 2.75) is 0 Å². The molecule has 0 saturated heterocycles. The molecule has 300 valence electrons. The fourth-order valence-electron chi connectivity index (χ4n) is 9.84. The number of hydrogen-bond donors (Lipinski definition) is 0. The SMILES string of the molecule is c1ccc(-c2cccc(N(c3ccc(-c4ccc5c(c4)c(-c4ccccc4)c(-c4ccccc4)c4ccccc45)cc3)c3ccc4c5ccccc5n(-c5ccccc5)c4c3)c2)cc1. The highest BCUT2D eigenvalue weighted by Crippen LogP contribution is 2.46. The molecule has 1 aromatic heterocycles. The number of anilines is 3. The summed E-state index contributed by atoms with van der Waals surface area (Å²) >= 11 is 0. The molecule has 11 aromatic carbocycles. The van der Waals surface area contributed by atoms with Gasteiger partial charge in [0, 0.05) is 33.5 Å². The van der Waals surface area contributed by atoms with Crippen LogP contribution in [-0.4, -0.2) is 4.57 Å². The first kappa shape index (κ1) is 37.3. The minimum absolute atomic E-state index is 1.08. The van der Waals surface area contributed by atoms with Crippen LogP contribution in [0.4, 0.5) is 17.1 Å². The first-order valence-electron chi connectivity index (χ1n) is 22.0. The van der Waals surface area contributed by atoms with Crippen molar-refractivity contribution in [2.75, 3.05) is 4.90 Å². The van der Waals surface area contributed by atoms with Gasteiger partial charge in [0.15, 0.2) is 0 Å². The minimum Gasteiger partial charge on any atom is -0.310 e. The topological polar surface area (TPSA) is 8.17 Å². The lowest BCUT2D eigenvalue weighted by atomic mass is 9.84. The summed E-state index contributed by atoms with van der Waals surface area (Å²) in [7, 11) is 0. The molecule has 2 nitrogen and oxygen atoms in total. The first-order valence-corrected chi connectivity index (χ1v) is 22.0. The number of para-hydroxylation sites is 2. The molecule has 12 rings (SSSR count). The molecule has 0 radical (unpaired) electrons. The highest BCUT2D eigenvalue weighted by atomic mass is 15.1. The Hall–Kier alpha value is -8.46. The standard InChI is InChI=1S/C62H42N2/c1-5-18-43(19-6-1)47-24-17-27-51(40-47)63(52-37-39-56-55-29-15-16-31-59(55)64(60(56)42-52)49-25-11-4-12-26-49)50-35-32-44(33-36-50)48-34-38-54-53-28-13-14-30-57(53)61(45-20-7-2-8-21-45)62(58(54)41-48)46-22-9-3-10-23-46/h1-42H. The highest BCUT2D eigenvalue weighted by molar-refractivity contribution is 6.22. The van der Waals surface area contributed by atoms with E-state index in [4.69, 9.17) is 0 Å². The fraction of sp³-hybridized carbons (Fsp3) is 0. The van der Waals surface area contributed by atoms with E-state index in [0.29, 0.717) is 0 Å². The van der Waals surface area contributed by atoms with E-state index in [9.17, 15) is 0 Å². The van der Waals surface area contributed by atoms with Crippen LogP contribution in [-0.2, 0) is 0 Å². The number of fused-ring (bicyclic) bond motifs is 6. The van der Waals surface area contributed by atoms with Gasteiger partial charge < -0.3 is 9.47 Å². The third-order valence-electron chi connectivity index (χ3n) is 12.8. The molecule has 1 heterocycles. The molecule has 0 spiro atoms. The van der Waals surface area contributed by atoms with Crippen molar-refractivity contribution < 1.29 is 0 Å². The molecule has 0 unspecified atom stereocenters. The van der Waals surface area contributed by atoms with Gasteiger partial charge in [0.2, 0.25) is 0 Å². The van der Waals surface area contributed by atoms with Crippen molar-refractivity contribution in [3.8, 4) is 50.2 Å². The zero-order valence-electron chi connectivity index (χ0n) is 35.1. The zero-order chi connectivity index (χ0) is 42.4. The summed E-state index contributed by atoms with van der Waals surface area (Å²) in [5.74, 6) is 0. The second kappa shape index (κ2) is 15.8. The summed E-state index contributed by atoms with van der Waals surface area (Å²) in [6.07, 6.45) is 0. The molecule has 0 N–H and O–H groups in total. The summed E-state index contributed by atoms with van der Waals surface area (Å²) in [4.78, 5) is 2.40. The Morgan fingerprint density at radius 2 is 0.688 bits per heavy atom. The summed E-state index contributed by atoms with van der Waals surface area (Å²) in [6, 6.07) is 92.7. The van der Waals surface area contributed by atoms with Gasteiger partial charge in [-0.15, -0.1) is 0 Å².